The molecule has 0 aromatic rings. The van der Waals surface area contributed by atoms with E-state index in [9.17, 15) is 9.59 Å². The van der Waals surface area contributed by atoms with Crippen molar-refractivity contribution in [3.63, 3.8) is 0 Å². The fourth-order valence-corrected chi connectivity index (χ4v) is 3.17. The van der Waals surface area contributed by atoms with Crippen LogP contribution in [0.15, 0.2) is 11.8 Å². The van der Waals surface area contributed by atoms with E-state index in [1.165, 1.54) is 5.57 Å². The molecular formula is C17H29N3O3. The Morgan fingerprint density at radius 1 is 1.26 bits per heavy atom. The first-order chi connectivity index (χ1) is 10.8. The van der Waals surface area contributed by atoms with Crippen LogP contribution in [0.4, 0.5) is 4.79 Å². The molecule has 1 fully saturated rings. The minimum Gasteiger partial charge on any atom is -0.443 e. The molecule has 0 aromatic heterocycles. The number of primary amides is 1. The van der Waals surface area contributed by atoms with Gasteiger partial charge in [0.05, 0.1) is 6.04 Å². The van der Waals surface area contributed by atoms with Crippen molar-refractivity contribution in [2.24, 2.45) is 5.73 Å². The molecule has 1 atom stereocenters. The quantitative estimate of drug-likeness (QED) is 0.864. The van der Waals surface area contributed by atoms with Crippen molar-refractivity contribution in [1.82, 2.24) is 9.80 Å². The van der Waals surface area contributed by atoms with Gasteiger partial charge in [-0.05, 0) is 65.0 Å². The summed E-state index contributed by atoms with van der Waals surface area (Å²) in [4.78, 5) is 27.6. The number of nitrogens with two attached hydrogens (primary N) is 1. The highest BCUT2D eigenvalue weighted by Gasteiger charge is 2.30. The van der Waals surface area contributed by atoms with E-state index in [1.807, 2.05) is 27.0 Å². The van der Waals surface area contributed by atoms with Gasteiger partial charge in [-0.2, -0.15) is 0 Å². The number of hydrogen-bond acceptors (Lipinski definition) is 4. The van der Waals surface area contributed by atoms with Crippen LogP contribution in [0.2, 0.25) is 0 Å². The second-order valence-electron chi connectivity index (χ2n) is 7.45. The number of rotatable bonds is 3. The number of carbonyl (C=O) groups excluding carboxylic acids is 2. The Labute approximate surface area is 138 Å². The summed E-state index contributed by atoms with van der Waals surface area (Å²) in [5.74, 6) is -0.249. The van der Waals surface area contributed by atoms with Gasteiger partial charge in [0.15, 0.2) is 0 Å². The van der Waals surface area contributed by atoms with E-state index in [-0.39, 0.29) is 18.0 Å². The van der Waals surface area contributed by atoms with Gasteiger partial charge in [0.1, 0.15) is 5.60 Å². The molecule has 0 spiro atoms. The fourth-order valence-electron chi connectivity index (χ4n) is 3.17. The predicted octanol–water partition coefficient (Wildman–Crippen LogP) is 2.24. The number of carbonyl (C=O) groups is 2. The number of ether oxygens (including phenoxy) is 1. The third-order valence-corrected chi connectivity index (χ3v) is 4.21. The van der Waals surface area contributed by atoms with E-state index in [1.54, 1.807) is 4.90 Å². The first-order valence-electron chi connectivity index (χ1n) is 8.49. The van der Waals surface area contributed by atoms with E-state index >= 15 is 0 Å². The molecule has 2 amide bonds. The molecule has 0 saturated carbocycles. The fraction of sp³-hybridized carbons (Fsp3) is 0.765. The Balaban J connectivity index is 2.04. The van der Waals surface area contributed by atoms with Crippen LogP contribution in [-0.4, -0.2) is 53.1 Å². The van der Waals surface area contributed by atoms with E-state index in [0.717, 1.165) is 38.6 Å². The molecule has 23 heavy (non-hydrogen) atoms. The minimum absolute atomic E-state index is 0.172. The number of likely N-dealkylation sites (tertiary alicyclic amines) is 1. The Morgan fingerprint density at radius 2 is 2.00 bits per heavy atom. The maximum absolute atomic E-state index is 12.3. The monoisotopic (exact) mass is 323 g/mol. The molecule has 2 heterocycles. The van der Waals surface area contributed by atoms with Crippen LogP contribution >= 0.6 is 0 Å². The molecule has 6 heteroatoms. The van der Waals surface area contributed by atoms with Crippen molar-refractivity contribution in [3.05, 3.63) is 11.8 Å². The standard InChI is InChI=1S/C17H29N3O3/c1-17(2,3)23-16(22)20-9-5-4-7-13(12-20)11-19-10-6-8-14(19)15(18)21/h12,14H,4-11H2,1-3H3,(H2,18,21)/t14-/m1/s1. The van der Waals surface area contributed by atoms with E-state index < -0.39 is 5.60 Å². The van der Waals surface area contributed by atoms with Crippen LogP contribution in [0.1, 0.15) is 52.9 Å². The summed E-state index contributed by atoms with van der Waals surface area (Å²) in [6.07, 6.45) is 6.39. The van der Waals surface area contributed by atoms with Crippen molar-refractivity contribution >= 4 is 12.0 Å². The third kappa shape index (κ3) is 5.23. The molecule has 1 saturated heterocycles. The summed E-state index contributed by atoms with van der Waals surface area (Å²) in [7, 11) is 0. The third-order valence-electron chi connectivity index (χ3n) is 4.21. The van der Waals surface area contributed by atoms with Gasteiger partial charge in [-0.25, -0.2) is 4.79 Å². The molecular weight excluding hydrogens is 294 g/mol. The minimum atomic E-state index is -0.497. The van der Waals surface area contributed by atoms with Crippen LogP contribution in [-0.2, 0) is 9.53 Å². The van der Waals surface area contributed by atoms with Crippen molar-refractivity contribution in [2.75, 3.05) is 19.6 Å². The predicted molar refractivity (Wildman–Crippen MR) is 88.7 cm³/mol. The topological polar surface area (TPSA) is 75.9 Å². The van der Waals surface area contributed by atoms with Gasteiger partial charge in [-0.1, -0.05) is 0 Å². The summed E-state index contributed by atoms with van der Waals surface area (Å²) in [6.45, 7) is 7.88. The first-order valence-corrected chi connectivity index (χ1v) is 8.49. The van der Waals surface area contributed by atoms with Gasteiger partial charge in [-0.15, -0.1) is 0 Å². The SMILES string of the molecule is CC(C)(C)OC(=O)N1C=C(CN2CCC[C@@H]2C(N)=O)CCCC1. The lowest BCUT2D eigenvalue weighted by molar-refractivity contribution is -0.122. The van der Waals surface area contributed by atoms with Gasteiger partial charge in [0.25, 0.3) is 0 Å². The van der Waals surface area contributed by atoms with Crippen LogP contribution in [0.5, 0.6) is 0 Å². The van der Waals surface area contributed by atoms with Gasteiger partial charge < -0.3 is 10.5 Å². The van der Waals surface area contributed by atoms with Crippen molar-refractivity contribution in [2.45, 2.75) is 64.5 Å². The molecule has 2 aliphatic rings. The zero-order valence-electron chi connectivity index (χ0n) is 14.5. The molecule has 2 N–H and O–H groups in total. The van der Waals surface area contributed by atoms with Crippen LogP contribution in [0.25, 0.3) is 0 Å². The van der Waals surface area contributed by atoms with Crippen LogP contribution < -0.4 is 5.73 Å². The van der Waals surface area contributed by atoms with Gasteiger partial charge in [0, 0.05) is 19.3 Å². The smallest absolute Gasteiger partial charge is 0.414 e. The van der Waals surface area contributed by atoms with Crippen molar-refractivity contribution < 1.29 is 14.3 Å². The summed E-state index contributed by atoms with van der Waals surface area (Å²) in [5.41, 5.74) is 6.16. The molecule has 2 aliphatic heterocycles. The molecule has 0 aromatic carbocycles. The summed E-state index contributed by atoms with van der Waals surface area (Å²) >= 11 is 0. The van der Waals surface area contributed by atoms with Crippen molar-refractivity contribution in [1.29, 1.82) is 0 Å². The molecule has 130 valence electrons. The number of nitrogens with zero attached hydrogens (tertiary/aromatic N) is 2. The zero-order chi connectivity index (χ0) is 17.0. The Kier molecular flexibility index (Phi) is 5.68. The second-order valence-corrected chi connectivity index (χ2v) is 7.45. The maximum atomic E-state index is 12.3. The summed E-state index contributed by atoms with van der Waals surface area (Å²) in [6, 6.07) is -0.172. The molecule has 0 radical (unpaired) electrons. The summed E-state index contributed by atoms with van der Waals surface area (Å²) < 4.78 is 5.47. The molecule has 0 unspecified atom stereocenters. The highest BCUT2D eigenvalue weighted by Crippen LogP contribution is 2.23. The molecule has 6 nitrogen and oxygen atoms in total. The van der Waals surface area contributed by atoms with E-state index in [2.05, 4.69) is 4.90 Å². The Morgan fingerprint density at radius 3 is 2.65 bits per heavy atom. The Hall–Kier alpha value is -1.56. The van der Waals surface area contributed by atoms with Gasteiger partial charge in [-0.3, -0.25) is 14.6 Å². The van der Waals surface area contributed by atoms with Gasteiger partial charge in [0.2, 0.25) is 5.91 Å². The first kappa shape index (κ1) is 17.8. The van der Waals surface area contributed by atoms with E-state index in [4.69, 9.17) is 10.5 Å². The zero-order valence-corrected chi connectivity index (χ0v) is 14.5. The molecule has 0 bridgehead atoms. The lowest BCUT2D eigenvalue weighted by atomic mass is 10.1. The van der Waals surface area contributed by atoms with Crippen LogP contribution in [0, 0.1) is 0 Å². The largest absolute Gasteiger partial charge is 0.443 e. The second kappa shape index (κ2) is 7.34. The molecule has 2 rings (SSSR count). The number of hydrogen-bond donors (Lipinski definition) is 1. The normalized spacial score (nSPS) is 23.3. The highest BCUT2D eigenvalue weighted by molar-refractivity contribution is 5.80. The average molecular weight is 323 g/mol. The van der Waals surface area contributed by atoms with Crippen molar-refractivity contribution in [3.8, 4) is 0 Å². The summed E-state index contributed by atoms with van der Waals surface area (Å²) in [5, 5.41) is 0. The average Bonchev–Trinajstić information content (AvgIpc) is 2.75. The van der Waals surface area contributed by atoms with E-state index in [0.29, 0.717) is 13.1 Å². The Bertz CT molecular complexity index is 482. The lowest BCUT2D eigenvalue weighted by Gasteiger charge is -2.26. The van der Waals surface area contributed by atoms with Crippen LogP contribution in [0.3, 0.4) is 0 Å². The lowest BCUT2D eigenvalue weighted by Crippen LogP contribution is -2.41. The highest BCUT2D eigenvalue weighted by atomic mass is 16.6. The number of amides is 2. The maximum Gasteiger partial charge on any atom is 0.414 e. The van der Waals surface area contributed by atoms with Gasteiger partial charge >= 0.3 is 6.09 Å². The molecule has 0 aliphatic carbocycles.